The summed E-state index contributed by atoms with van der Waals surface area (Å²) in [5, 5.41) is 2.46. The maximum Gasteiger partial charge on any atom is 0.498 e. The van der Waals surface area contributed by atoms with Crippen LogP contribution in [-0.2, 0) is 20.5 Å². The lowest BCUT2D eigenvalue weighted by atomic mass is 9.71. The molecule has 25 heavy (non-hydrogen) atoms. The van der Waals surface area contributed by atoms with Gasteiger partial charge < -0.3 is 19.4 Å². The molecule has 1 fully saturated rings. The van der Waals surface area contributed by atoms with Crippen molar-refractivity contribution in [3.63, 3.8) is 0 Å². The molecule has 1 atom stereocenters. The third-order valence-corrected chi connectivity index (χ3v) is 5.52. The van der Waals surface area contributed by atoms with Gasteiger partial charge in [0.1, 0.15) is 11.9 Å². The fourth-order valence-electron chi connectivity index (χ4n) is 3.38. The molecule has 0 radical (unpaired) electrons. The molecule has 1 saturated heterocycles. The molecule has 1 unspecified atom stereocenters. The summed E-state index contributed by atoms with van der Waals surface area (Å²) in [5.41, 5.74) is 1.01. The number of benzene rings is 1. The molecule has 0 saturated carbocycles. The zero-order valence-corrected chi connectivity index (χ0v) is 15.4. The predicted molar refractivity (Wildman–Crippen MR) is 93.3 cm³/mol. The molecule has 5 nitrogen and oxygen atoms in total. The Morgan fingerprint density at radius 1 is 1.28 bits per heavy atom. The number of nitrogens with one attached hydrogen (secondary N) is 1. The molecule has 2 aliphatic rings. The first-order valence-electron chi connectivity index (χ1n) is 8.71. The highest BCUT2D eigenvalue weighted by atomic mass is 19.1. The molecule has 1 aromatic carbocycles. The summed E-state index contributed by atoms with van der Waals surface area (Å²) in [4.78, 5) is 11.6. The molecule has 0 spiro atoms. The Labute approximate surface area is 148 Å². The van der Waals surface area contributed by atoms with Gasteiger partial charge in [0, 0.05) is 12.5 Å². The second kappa shape index (κ2) is 6.29. The molecule has 1 aromatic rings. The summed E-state index contributed by atoms with van der Waals surface area (Å²) >= 11 is 0. The molecule has 1 N–H and O–H groups in total. The molecular weight excluding hydrogens is 324 g/mol. The van der Waals surface area contributed by atoms with E-state index in [1.807, 2.05) is 27.7 Å². The topological polar surface area (TPSA) is 56.8 Å². The Hall–Kier alpha value is -1.60. The summed E-state index contributed by atoms with van der Waals surface area (Å²) < 4.78 is 32.3. The van der Waals surface area contributed by atoms with Crippen LogP contribution in [0.1, 0.15) is 57.8 Å². The van der Waals surface area contributed by atoms with Crippen molar-refractivity contribution >= 4 is 18.7 Å². The average Bonchev–Trinajstić information content (AvgIpc) is 2.74. The van der Waals surface area contributed by atoms with Crippen LogP contribution in [-0.4, -0.2) is 31.5 Å². The van der Waals surface area contributed by atoms with E-state index in [0.717, 1.165) is 24.0 Å². The minimum Gasteiger partial charge on any atom is -0.441 e. The number of hydrogen-bond donors (Lipinski definition) is 1. The Kier molecular flexibility index (Phi) is 4.58. The van der Waals surface area contributed by atoms with Crippen molar-refractivity contribution in [2.75, 3.05) is 7.05 Å². The molecule has 1 heterocycles. The van der Waals surface area contributed by atoms with Gasteiger partial charge in [-0.3, -0.25) is 0 Å². The molecular formula is C18H25BFNO4. The highest BCUT2D eigenvalue weighted by molar-refractivity contribution is 6.62. The van der Waals surface area contributed by atoms with Gasteiger partial charge in [0.05, 0.1) is 11.2 Å². The van der Waals surface area contributed by atoms with Gasteiger partial charge in [0.25, 0.3) is 0 Å². The summed E-state index contributed by atoms with van der Waals surface area (Å²) in [6.45, 7) is 7.77. The lowest BCUT2D eigenvalue weighted by Gasteiger charge is -2.32. The largest absolute Gasteiger partial charge is 0.498 e. The van der Waals surface area contributed by atoms with E-state index in [0.29, 0.717) is 11.9 Å². The average molecular weight is 349 g/mol. The Balaban J connectivity index is 1.99. The maximum absolute atomic E-state index is 14.7. The second-order valence-electron chi connectivity index (χ2n) is 7.65. The Bertz CT molecular complexity index is 676. The van der Waals surface area contributed by atoms with Crippen molar-refractivity contribution in [3.05, 3.63) is 29.1 Å². The SMILES string of the molecule is CNC(=O)OC1CCCc2c1ccc(F)c2B1OC(C)(C)C(C)(C)O1. The fourth-order valence-corrected chi connectivity index (χ4v) is 3.38. The molecule has 136 valence electrons. The monoisotopic (exact) mass is 349 g/mol. The lowest BCUT2D eigenvalue weighted by Crippen LogP contribution is -2.41. The van der Waals surface area contributed by atoms with E-state index in [2.05, 4.69) is 5.32 Å². The number of ether oxygens (including phenoxy) is 1. The van der Waals surface area contributed by atoms with E-state index < -0.39 is 24.4 Å². The van der Waals surface area contributed by atoms with E-state index in [1.165, 1.54) is 13.1 Å². The van der Waals surface area contributed by atoms with E-state index in [1.54, 1.807) is 6.07 Å². The summed E-state index contributed by atoms with van der Waals surface area (Å²) in [7, 11) is 0.755. The van der Waals surface area contributed by atoms with Crippen LogP contribution in [0.4, 0.5) is 9.18 Å². The summed E-state index contributed by atoms with van der Waals surface area (Å²) in [6.07, 6.45) is 1.37. The van der Waals surface area contributed by atoms with Crippen LogP contribution in [0, 0.1) is 5.82 Å². The number of alkyl carbamates (subject to hydrolysis) is 1. The predicted octanol–water partition coefficient (Wildman–Crippen LogP) is 2.86. The number of fused-ring (bicyclic) bond motifs is 1. The Morgan fingerprint density at radius 3 is 2.52 bits per heavy atom. The van der Waals surface area contributed by atoms with Gasteiger partial charge in [-0.25, -0.2) is 9.18 Å². The molecule has 0 bridgehead atoms. The van der Waals surface area contributed by atoms with Crippen LogP contribution in [0.3, 0.4) is 0 Å². The minimum absolute atomic E-state index is 0.349. The minimum atomic E-state index is -0.765. The van der Waals surface area contributed by atoms with Crippen molar-refractivity contribution in [1.29, 1.82) is 0 Å². The van der Waals surface area contributed by atoms with Crippen molar-refractivity contribution in [1.82, 2.24) is 5.32 Å². The quantitative estimate of drug-likeness (QED) is 0.835. The first-order chi connectivity index (χ1) is 11.7. The molecule has 7 heteroatoms. The number of halogens is 1. The van der Waals surface area contributed by atoms with Crippen molar-refractivity contribution < 1.29 is 23.2 Å². The van der Waals surface area contributed by atoms with Crippen LogP contribution in [0.2, 0.25) is 0 Å². The number of carbonyl (C=O) groups excluding carboxylic acids is 1. The zero-order chi connectivity index (χ0) is 18.4. The van der Waals surface area contributed by atoms with Gasteiger partial charge in [0.15, 0.2) is 0 Å². The maximum atomic E-state index is 14.7. The summed E-state index contributed by atoms with van der Waals surface area (Å²) in [5.74, 6) is -0.349. The van der Waals surface area contributed by atoms with E-state index >= 15 is 0 Å². The third-order valence-electron chi connectivity index (χ3n) is 5.52. The van der Waals surface area contributed by atoms with Gasteiger partial charge in [-0.1, -0.05) is 6.07 Å². The van der Waals surface area contributed by atoms with Crippen LogP contribution in [0.5, 0.6) is 0 Å². The highest BCUT2D eigenvalue weighted by Crippen LogP contribution is 2.38. The number of hydrogen-bond acceptors (Lipinski definition) is 4. The lowest BCUT2D eigenvalue weighted by molar-refractivity contribution is 0.00578. The van der Waals surface area contributed by atoms with Crippen LogP contribution in [0.25, 0.3) is 0 Å². The van der Waals surface area contributed by atoms with Gasteiger partial charge in [-0.15, -0.1) is 0 Å². The van der Waals surface area contributed by atoms with Gasteiger partial charge in [0.2, 0.25) is 0 Å². The number of rotatable bonds is 2. The van der Waals surface area contributed by atoms with Crippen LogP contribution in [0.15, 0.2) is 12.1 Å². The van der Waals surface area contributed by atoms with E-state index in [9.17, 15) is 9.18 Å². The fraction of sp³-hybridized carbons (Fsp3) is 0.611. The zero-order valence-electron chi connectivity index (χ0n) is 15.4. The molecule has 0 aromatic heterocycles. The first kappa shape index (κ1) is 18.2. The van der Waals surface area contributed by atoms with Crippen LogP contribution < -0.4 is 10.8 Å². The smallest absolute Gasteiger partial charge is 0.441 e. The number of carbonyl (C=O) groups is 1. The molecule has 1 aliphatic carbocycles. The number of amides is 1. The van der Waals surface area contributed by atoms with Crippen molar-refractivity contribution in [2.24, 2.45) is 0 Å². The first-order valence-corrected chi connectivity index (χ1v) is 8.71. The third kappa shape index (κ3) is 3.15. The second-order valence-corrected chi connectivity index (χ2v) is 7.65. The molecule has 1 amide bonds. The standard InChI is InChI=1S/C18H25BFNO4/c1-17(2)18(3,4)25-19(24-17)15-12-7-6-8-14(23-16(22)21-5)11(12)9-10-13(15)20/h9-10,14H,6-8H2,1-5H3,(H,21,22). The van der Waals surface area contributed by atoms with Crippen LogP contribution >= 0.6 is 0 Å². The van der Waals surface area contributed by atoms with Gasteiger partial charge >= 0.3 is 13.2 Å². The Morgan fingerprint density at radius 2 is 1.92 bits per heavy atom. The normalized spacial score (nSPS) is 23.9. The highest BCUT2D eigenvalue weighted by Gasteiger charge is 2.53. The van der Waals surface area contributed by atoms with E-state index in [-0.39, 0.29) is 11.9 Å². The van der Waals surface area contributed by atoms with Gasteiger partial charge in [-0.05, 0) is 64.2 Å². The van der Waals surface area contributed by atoms with E-state index in [4.69, 9.17) is 14.0 Å². The van der Waals surface area contributed by atoms with Gasteiger partial charge in [-0.2, -0.15) is 0 Å². The van der Waals surface area contributed by atoms with Crippen molar-refractivity contribution in [3.8, 4) is 0 Å². The summed E-state index contributed by atoms with van der Waals surface area (Å²) in [6, 6.07) is 3.11. The molecule has 1 aliphatic heterocycles. The van der Waals surface area contributed by atoms with Crippen molar-refractivity contribution in [2.45, 2.75) is 64.3 Å². The molecule has 3 rings (SSSR count).